The fourth-order valence-electron chi connectivity index (χ4n) is 4.12. The Hall–Kier alpha value is -4.21. The van der Waals surface area contributed by atoms with Gasteiger partial charge in [-0.3, -0.25) is 14.6 Å². The lowest BCUT2D eigenvalue weighted by Crippen LogP contribution is -2.34. The van der Waals surface area contributed by atoms with Crippen LogP contribution in [0, 0.1) is 19.7 Å². The summed E-state index contributed by atoms with van der Waals surface area (Å²) in [4.78, 5) is 31.6. The molecule has 0 fully saturated rings. The van der Waals surface area contributed by atoms with Crippen LogP contribution in [0.3, 0.4) is 0 Å². The van der Waals surface area contributed by atoms with Gasteiger partial charge in [0.15, 0.2) is 5.82 Å². The van der Waals surface area contributed by atoms with Crippen LogP contribution >= 0.6 is 0 Å². The molecular weight excluding hydrogens is 437 g/mol. The van der Waals surface area contributed by atoms with Gasteiger partial charge in [0.2, 0.25) is 5.78 Å². The van der Waals surface area contributed by atoms with E-state index in [-0.39, 0.29) is 16.8 Å². The molecule has 5 rings (SSSR count). The molecular formula is C24H22FN7O2. The predicted octanol–water partition coefficient (Wildman–Crippen LogP) is 2.35. The lowest BCUT2D eigenvalue weighted by atomic mass is 9.98. The number of aromatic amines is 1. The minimum atomic E-state index is -0.619. The maximum absolute atomic E-state index is 14.8. The van der Waals surface area contributed by atoms with Crippen molar-refractivity contribution in [2.24, 2.45) is 0 Å². The Kier molecular flexibility index (Phi) is 5.48. The Morgan fingerprint density at radius 2 is 2.03 bits per heavy atom. The molecule has 1 aliphatic rings. The van der Waals surface area contributed by atoms with Crippen LogP contribution in [0.2, 0.25) is 0 Å². The highest BCUT2D eigenvalue weighted by Crippen LogP contribution is 2.26. The zero-order valence-electron chi connectivity index (χ0n) is 18.7. The maximum atomic E-state index is 14.8. The summed E-state index contributed by atoms with van der Waals surface area (Å²) in [6, 6.07) is 7.99. The van der Waals surface area contributed by atoms with E-state index in [4.69, 9.17) is 0 Å². The maximum Gasteiger partial charge on any atom is 0.267 e. The Balaban J connectivity index is 1.47. The van der Waals surface area contributed by atoms with E-state index in [1.165, 1.54) is 18.3 Å². The predicted molar refractivity (Wildman–Crippen MR) is 122 cm³/mol. The van der Waals surface area contributed by atoms with E-state index in [1.807, 2.05) is 22.5 Å². The van der Waals surface area contributed by atoms with Crippen LogP contribution in [0.4, 0.5) is 10.1 Å². The van der Waals surface area contributed by atoms with Gasteiger partial charge in [-0.1, -0.05) is 6.07 Å². The first-order valence-corrected chi connectivity index (χ1v) is 10.9. The number of carbonyl (C=O) groups excluding carboxylic acids is 1. The minimum Gasteiger partial charge on any atom is -0.360 e. The Labute approximate surface area is 194 Å². The fourth-order valence-corrected chi connectivity index (χ4v) is 4.12. The second-order valence-corrected chi connectivity index (χ2v) is 8.30. The van der Waals surface area contributed by atoms with Gasteiger partial charge in [0.1, 0.15) is 17.8 Å². The van der Waals surface area contributed by atoms with Crippen LogP contribution in [-0.4, -0.2) is 42.3 Å². The number of H-pyrrole nitrogens is 1. The van der Waals surface area contributed by atoms with E-state index in [0.29, 0.717) is 48.6 Å². The molecule has 1 N–H and O–H groups in total. The molecule has 0 saturated heterocycles. The van der Waals surface area contributed by atoms with E-state index in [2.05, 4.69) is 25.4 Å². The average Bonchev–Trinajstić information content (AvgIpc) is 3.33. The van der Waals surface area contributed by atoms with Crippen molar-refractivity contribution < 1.29 is 9.18 Å². The topological polar surface area (TPSA) is 110 Å². The molecule has 0 unspecified atom stereocenters. The van der Waals surface area contributed by atoms with E-state index < -0.39 is 11.6 Å². The molecule has 34 heavy (non-hydrogen) atoms. The highest BCUT2D eigenvalue weighted by Gasteiger charge is 2.25. The number of hydrogen-bond donors (Lipinski definition) is 1. The molecule has 1 aliphatic heterocycles. The molecule has 1 aromatic carbocycles. The SMILES string of the molecule is Cc1c(Cc2ccc(F)c(C(=O)c3ncccc3N3CCn4cnnc4C3)c2)n[nH]c(=O)c1C. The molecule has 0 atom stereocenters. The summed E-state index contributed by atoms with van der Waals surface area (Å²) in [5, 5.41) is 14.7. The summed E-state index contributed by atoms with van der Waals surface area (Å²) in [5.74, 6) is -0.323. The third-order valence-corrected chi connectivity index (χ3v) is 6.26. The largest absolute Gasteiger partial charge is 0.360 e. The van der Waals surface area contributed by atoms with E-state index in [0.717, 1.165) is 11.4 Å². The van der Waals surface area contributed by atoms with Gasteiger partial charge in [-0.25, -0.2) is 9.49 Å². The normalized spacial score (nSPS) is 13.1. The van der Waals surface area contributed by atoms with Gasteiger partial charge in [-0.05, 0) is 49.2 Å². The van der Waals surface area contributed by atoms with Crippen LogP contribution < -0.4 is 10.5 Å². The smallest absolute Gasteiger partial charge is 0.267 e. The van der Waals surface area contributed by atoms with Crippen molar-refractivity contribution in [1.29, 1.82) is 0 Å². The van der Waals surface area contributed by atoms with Gasteiger partial charge in [0, 0.05) is 31.3 Å². The average molecular weight is 459 g/mol. The lowest BCUT2D eigenvalue weighted by molar-refractivity contribution is 0.103. The van der Waals surface area contributed by atoms with E-state index >= 15 is 0 Å². The van der Waals surface area contributed by atoms with Crippen molar-refractivity contribution in [3.05, 3.63) is 98.5 Å². The zero-order valence-corrected chi connectivity index (χ0v) is 18.7. The Bertz CT molecular complexity index is 1460. The summed E-state index contributed by atoms with van der Waals surface area (Å²) < 4.78 is 16.8. The number of halogens is 1. The summed E-state index contributed by atoms with van der Waals surface area (Å²) in [6.45, 7) is 5.35. The number of nitrogens with one attached hydrogen (secondary N) is 1. The summed E-state index contributed by atoms with van der Waals surface area (Å²) in [5.41, 5.74) is 3.23. The molecule has 172 valence electrons. The number of hydrogen-bond acceptors (Lipinski definition) is 7. The van der Waals surface area contributed by atoms with Crippen LogP contribution in [0.15, 0.2) is 47.7 Å². The highest BCUT2D eigenvalue weighted by molar-refractivity contribution is 6.11. The van der Waals surface area contributed by atoms with E-state index in [1.54, 1.807) is 25.4 Å². The molecule has 0 radical (unpaired) electrons. The molecule has 4 heterocycles. The summed E-state index contributed by atoms with van der Waals surface area (Å²) in [7, 11) is 0. The van der Waals surface area contributed by atoms with Crippen molar-refractivity contribution in [3.8, 4) is 0 Å². The van der Waals surface area contributed by atoms with Crippen molar-refractivity contribution in [2.45, 2.75) is 33.4 Å². The number of anilines is 1. The first-order chi connectivity index (χ1) is 16.4. The standard InChI is InChI=1S/C24H22FN7O2/c1-14-15(2)24(34)30-28-19(14)11-16-5-6-18(25)17(10-16)23(33)22-20(4-3-7-26-22)31-8-9-32-13-27-29-21(32)12-31/h3-7,10,13H,8-9,11-12H2,1-2H3,(H,30,34). The third-order valence-electron chi connectivity index (χ3n) is 6.26. The van der Waals surface area contributed by atoms with Crippen molar-refractivity contribution in [2.75, 3.05) is 11.4 Å². The molecule has 0 saturated carbocycles. The van der Waals surface area contributed by atoms with Crippen molar-refractivity contribution in [1.82, 2.24) is 29.9 Å². The first kappa shape index (κ1) is 21.6. The molecule has 0 bridgehead atoms. The quantitative estimate of drug-likeness (QED) is 0.456. The van der Waals surface area contributed by atoms with Gasteiger partial charge in [-0.15, -0.1) is 10.2 Å². The lowest BCUT2D eigenvalue weighted by Gasteiger charge is -2.29. The van der Waals surface area contributed by atoms with Gasteiger partial charge < -0.3 is 9.47 Å². The van der Waals surface area contributed by atoms with Crippen molar-refractivity contribution >= 4 is 11.5 Å². The highest BCUT2D eigenvalue weighted by atomic mass is 19.1. The van der Waals surface area contributed by atoms with Gasteiger partial charge in [0.05, 0.1) is 23.5 Å². The van der Waals surface area contributed by atoms with Gasteiger partial charge >= 0.3 is 0 Å². The summed E-state index contributed by atoms with van der Waals surface area (Å²) >= 11 is 0. The fraction of sp³-hybridized carbons (Fsp3) is 0.250. The number of aromatic nitrogens is 6. The van der Waals surface area contributed by atoms with Gasteiger partial charge in [0.25, 0.3) is 5.56 Å². The third kappa shape index (κ3) is 3.87. The molecule has 4 aromatic rings. The number of nitrogens with zero attached hydrogens (tertiary/aromatic N) is 6. The number of rotatable bonds is 5. The number of benzene rings is 1. The molecule has 10 heteroatoms. The van der Waals surface area contributed by atoms with Crippen LogP contribution in [0.5, 0.6) is 0 Å². The molecule has 0 amide bonds. The molecule has 3 aromatic heterocycles. The summed E-state index contributed by atoms with van der Waals surface area (Å²) in [6.07, 6.45) is 3.56. The number of carbonyl (C=O) groups is 1. The number of fused-ring (bicyclic) bond motifs is 1. The second-order valence-electron chi connectivity index (χ2n) is 8.30. The van der Waals surface area contributed by atoms with Crippen LogP contribution in [-0.2, 0) is 19.5 Å². The molecule has 0 spiro atoms. The van der Waals surface area contributed by atoms with Gasteiger partial charge in [-0.2, -0.15) is 5.10 Å². The zero-order chi connectivity index (χ0) is 23.8. The number of pyridine rings is 1. The first-order valence-electron chi connectivity index (χ1n) is 10.9. The Morgan fingerprint density at radius 1 is 1.18 bits per heavy atom. The Morgan fingerprint density at radius 3 is 2.88 bits per heavy atom. The monoisotopic (exact) mass is 459 g/mol. The molecule has 0 aliphatic carbocycles. The molecule has 9 nitrogen and oxygen atoms in total. The van der Waals surface area contributed by atoms with Crippen LogP contribution in [0.25, 0.3) is 0 Å². The van der Waals surface area contributed by atoms with E-state index in [9.17, 15) is 14.0 Å². The van der Waals surface area contributed by atoms with Crippen LogP contribution in [0.1, 0.15) is 44.3 Å². The second kappa shape index (κ2) is 8.62. The minimum absolute atomic E-state index is 0.0589. The number of ketones is 1. The van der Waals surface area contributed by atoms with Crippen molar-refractivity contribution in [3.63, 3.8) is 0 Å².